The molecule has 6 heteroatoms. The van der Waals surface area contributed by atoms with Gasteiger partial charge in [0.25, 0.3) is 5.91 Å². The minimum Gasteiger partial charge on any atom is -0.319 e. The highest BCUT2D eigenvalue weighted by Crippen LogP contribution is 2.22. The topological polar surface area (TPSA) is 47.2 Å². The minimum atomic E-state index is -0.210. The van der Waals surface area contributed by atoms with Crippen LogP contribution >= 0.6 is 22.7 Å². The Hall–Kier alpha value is -1.79. The van der Waals surface area contributed by atoms with Crippen LogP contribution in [0, 0.1) is 27.7 Å². The van der Waals surface area contributed by atoms with Gasteiger partial charge in [-0.15, -0.1) is 11.3 Å². The molecule has 0 saturated heterocycles. The molecule has 0 aliphatic carbocycles. The highest BCUT2D eigenvalue weighted by atomic mass is 32.1. The highest BCUT2D eigenvalue weighted by molar-refractivity contribution is 7.16. The molecule has 0 saturated carbocycles. The van der Waals surface area contributed by atoms with E-state index >= 15 is 0 Å². The van der Waals surface area contributed by atoms with E-state index in [4.69, 9.17) is 0 Å². The molecule has 0 spiro atoms. The Morgan fingerprint density at radius 2 is 1.82 bits per heavy atom. The lowest BCUT2D eigenvalue weighted by Gasteiger charge is -2.00. The number of carbonyl (C=O) groups is 1. The summed E-state index contributed by atoms with van der Waals surface area (Å²) >= 11 is 2.94. The summed E-state index contributed by atoms with van der Waals surface area (Å²) in [6.07, 6.45) is 0. The zero-order valence-electron chi connectivity index (χ0n) is 13.2. The van der Waals surface area contributed by atoms with Gasteiger partial charge in [0.15, 0.2) is 4.80 Å². The fourth-order valence-corrected chi connectivity index (χ4v) is 4.25. The van der Waals surface area contributed by atoms with E-state index in [1.807, 2.05) is 25.5 Å². The van der Waals surface area contributed by atoms with Gasteiger partial charge in [0.1, 0.15) is 4.88 Å². The summed E-state index contributed by atoms with van der Waals surface area (Å²) in [5.41, 5.74) is 4.36. The SMILES string of the molecule is Cc1nc(C)c(C(=O)N=c2sc3cc(C)c(C)cc3n2C)s1. The normalized spacial score (nSPS) is 12.3. The molecule has 114 valence electrons. The van der Waals surface area contributed by atoms with Crippen molar-refractivity contribution in [2.75, 3.05) is 0 Å². The summed E-state index contributed by atoms with van der Waals surface area (Å²) in [6.45, 7) is 7.95. The van der Waals surface area contributed by atoms with Crippen molar-refractivity contribution in [1.29, 1.82) is 0 Å². The van der Waals surface area contributed by atoms with E-state index in [0.29, 0.717) is 4.88 Å². The van der Waals surface area contributed by atoms with Crippen molar-refractivity contribution in [3.05, 3.63) is 43.6 Å². The van der Waals surface area contributed by atoms with Gasteiger partial charge < -0.3 is 4.57 Å². The number of aromatic nitrogens is 2. The third kappa shape index (κ3) is 2.53. The second-order valence-electron chi connectivity index (χ2n) is 5.41. The summed E-state index contributed by atoms with van der Waals surface area (Å²) in [6, 6.07) is 4.30. The molecule has 0 bridgehead atoms. The van der Waals surface area contributed by atoms with Crippen LogP contribution in [0.1, 0.15) is 31.5 Å². The van der Waals surface area contributed by atoms with Gasteiger partial charge >= 0.3 is 0 Å². The Kier molecular flexibility index (Phi) is 3.74. The third-order valence-corrected chi connectivity index (χ3v) is 5.88. The molecule has 0 fully saturated rings. The van der Waals surface area contributed by atoms with Crippen LogP contribution in [-0.2, 0) is 7.05 Å². The first kappa shape index (κ1) is 15.1. The smallest absolute Gasteiger partial charge is 0.291 e. The lowest BCUT2D eigenvalue weighted by Crippen LogP contribution is -2.13. The van der Waals surface area contributed by atoms with Crippen molar-refractivity contribution < 1.29 is 4.79 Å². The Labute approximate surface area is 136 Å². The quantitative estimate of drug-likeness (QED) is 0.683. The van der Waals surface area contributed by atoms with Gasteiger partial charge in [-0.2, -0.15) is 4.99 Å². The standard InChI is InChI=1S/C16H17N3OS2/c1-8-6-12-13(7-9(8)2)22-16(19(12)5)18-15(20)14-10(3)17-11(4)21-14/h6-7H,1-5H3. The van der Waals surface area contributed by atoms with Crippen molar-refractivity contribution in [2.24, 2.45) is 12.0 Å². The predicted molar refractivity (Wildman–Crippen MR) is 91.8 cm³/mol. The Balaban J connectivity index is 2.15. The zero-order valence-corrected chi connectivity index (χ0v) is 14.9. The van der Waals surface area contributed by atoms with Crippen molar-refractivity contribution in [1.82, 2.24) is 9.55 Å². The van der Waals surface area contributed by atoms with E-state index < -0.39 is 0 Å². The molecule has 0 aliphatic rings. The van der Waals surface area contributed by atoms with Crippen LogP contribution in [0.4, 0.5) is 0 Å². The summed E-state index contributed by atoms with van der Waals surface area (Å²) < 4.78 is 3.13. The molecule has 2 heterocycles. The van der Waals surface area contributed by atoms with Gasteiger partial charge in [-0.25, -0.2) is 4.98 Å². The molecule has 1 amide bonds. The zero-order chi connectivity index (χ0) is 16.0. The maximum Gasteiger partial charge on any atom is 0.291 e. The Morgan fingerprint density at radius 3 is 2.45 bits per heavy atom. The molecule has 0 aliphatic heterocycles. The molecule has 1 aromatic carbocycles. The average Bonchev–Trinajstić information content (AvgIpc) is 2.92. The molecule has 22 heavy (non-hydrogen) atoms. The lowest BCUT2D eigenvalue weighted by molar-refractivity contribution is 0.100. The number of hydrogen-bond acceptors (Lipinski definition) is 4. The molecule has 3 aromatic rings. The third-order valence-electron chi connectivity index (χ3n) is 3.72. The van der Waals surface area contributed by atoms with Crippen LogP contribution < -0.4 is 4.80 Å². The molecule has 0 atom stereocenters. The summed E-state index contributed by atoms with van der Waals surface area (Å²) in [5, 5.41) is 0.892. The molecular weight excluding hydrogens is 314 g/mol. The van der Waals surface area contributed by atoms with Gasteiger partial charge in [0, 0.05) is 7.05 Å². The van der Waals surface area contributed by atoms with E-state index in [1.165, 1.54) is 22.5 Å². The molecule has 0 unspecified atom stereocenters. The number of benzene rings is 1. The molecule has 0 radical (unpaired) electrons. The van der Waals surface area contributed by atoms with E-state index in [9.17, 15) is 4.79 Å². The fraction of sp³-hybridized carbons (Fsp3) is 0.312. The highest BCUT2D eigenvalue weighted by Gasteiger charge is 2.14. The number of carbonyl (C=O) groups excluding carboxylic acids is 1. The average molecular weight is 331 g/mol. The van der Waals surface area contributed by atoms with E-state index in [2.05, 4.69) is 36.0 Å². The van der Waals surface area contributed by atoms with Crippen molar-refractivity contribution >= 4 is 38.8 Å². The van der Waals surface area contributed by atoms with Crippen LogP contribution in [0.5, 0.6) is 0 Å². The monoisotopic (exact) mass is 331 g/mol. The van der Waals surface area contributed by atoms with Crippen molar-refractivity contribution in [3.8, 4) is 0 Å². The minimum absolute atomic E-state index is 0.210. The first-order valence-corrected chi connectivity index (χ1v) is 8.60. The molecule has 3 rings (SSSR count). The van der Waals surface area contributed by atoms with Gasteiger partial charge in [-0.1, -0.05) is 11.3 Å². The number of amides is 1. The van der Waals surface area contributed by atoms with Crippen molar-refractivity contribution in [2.45, 2.75) is 27.7 Å². The molecule has 2 aromatic heterocycles. The largest absolute Gasteiger partial charge is 0.319 e. The summed E-state index contributed by atoms with van der Waals surface area (Å²) in [4.78, 5) is 22.4. The van der Waals surface area contributed by atoms with Crippen LogP contribution in [0.2, 0.25) is 0 Å². The second-order valence-corrected chi connectivity index (χ2v) is 7.62. The number of fused-ring (bicyclic) bond motifs is 1. The number of nitrogens with zero attached hydrogens (tertiary/aromatic N) is 3. The van der Waals surface area contributed by atoms with Crippen LogP contribution in [-0.4, -0.2) is 15.5 Å². The Morgan fingerprint density at radius 1 is 1.14 bits per heavy atom. The van der Waals surface area contributed by atoms with E-state index in [0.717, 1.165) is 25.7 Å². The first-order chi connectivity index (χ1) is 10.4. The van der Waals surface area contributed by atoms with Crippen LogP contribution in [0.3, 0.4) is 0 Å². The van der Waals surface area contributed by atoms with Gasteiger partial charge in [-0.05, 0) is 51.0 Å². The predicted octanol–water partition coefficient (Wildman–Crippen LogP) is 3.67. The summed E-state index contributed by atoms with van der Waals surface area (Å²) in [5.74, 6) is -0.210. The second kappa shape index (κ2) is 5.44. The van der Waals surface area contributed by atoms with E-state index in [1.54, 1.807) is 11.3 Å². The maximum absolute atomic E-state index is 12.4. The number of rotatable bonds is 1. The molecule has 0 N–H and O–H groups in total. The Bertz CT molecular complexity index is 960. The van der Waals surface area contributed by atoms with Crippen molar-refractivity contribution in [3.63, 3.8) is 0 Å². The number of hydrogen-bond donors (Lipinski definition) is 0. The van der Waals surface area contributed by atoms with Gasteiger partial charge in [-0.3, -0.25) is 4.79 Å². The number of thiazole rings is 2. The fourth-order valence-electron chi connectivity index (χ4n) is 2.35. The lowest BCUT2D eigenvalue weighted by atomic mass is 10.1. The molecule has 4 nitrogen and oxygen atoms in total. The number of aryl methyl sites for hydroxylation is 5. The first-order valence-electron chi connectivity index (χ1n) is 6.96. The molecular formula is C16H17N3OS2. The summed E-state index contributed by atoms with van der Waals surface area (Å²) in [7, 11) is 1.95. The van der Waals surface area contributed by atoms with Crippen LogP contribution in [0.15, 0.2) is 17.1 Å². The van der Waals surface area contributed by atoms with Gasteiger partial charge in [0.2, 0.25) is 0 Å². The van der Waals surface area contributed by atoms with Crippen LogP contribution in [0.25, 0.3) is 10.2 Å². The van der Waals surface area contributed by atoms with E-state index in [-0.39, 0.29) is 5.91 Å². The van der Waals surface area contributed by atoms with Gasteiger partial charge in [0.05, 0.1) is 20.9 Å². The maximum atomic E-state index is 12.4.